The van der Waals surface area contributed by atoms with Crippen molar-refractivity contribution in [3.63, 3.8) is 0 Å². The molecule has 1 aliphatic rings. The number of anilines is 1. The first-order valence-electron chi connectivity index (χ1n) is 8.04. The molecule has 130 valence electrons. The minimum atomic E-state index is -0.397. The summed E-state index contributed by atoms with van der Waals surface area (Å²) in [4.78, 5) is 36.0. The number of amides is 2. The van der Waals surface area contributed by atoms with Crippen molar-refractivity contribution in [1.82, 2.24) is 14.9 Å². The van der Waals surface area contributed by atoms with Gasteiger partial charge in [0.15, 0.2) is 0 Å². The summed E-state index contributed by atoms with van der Waals surface area (Å²) >= 11 is 0. The quantitative estimate of drug-likeness (QED) is 0.853. The molecule has 3 rings (SSSR count). The van der Waals surface area contributed by atoms with Gasteiger partial charge in [0.1, 0.15) is 18.1 Å². The Morgan fingerprint density at radius 2 is 2.00 bits per heavy atom. The third-order valence-corrected chi connectivity index (χ3v) is 4.30. The third kappa shape index (κ3) is 3.45. The summed E-state index contributed by atoms with van der Waals surface area (Å²) in [6.07, 6.45) is 0.604. The topological polar surface area (TPSA) is 75.6 Å². The first-order chi connectivity index (χ1) is 12.0. The molecular formula is C18H20N4O3. The maximum absolute atomic E-state index is 12.6. The molecule has 2 amide bonds. The number of cyclic esters (lactones) is 1. The van der Waals surface area contributed by atoms with Crippen molar-refractivity contribution in [3.8, 4) is 0 Å². The number of carbonyl (C=O) groups excluding carboxylic acids is 2. The minimum Gasteiger partial charge on any atom is -0.442 e. The van der Waals surface area contributed by atoms with E-state index in [9.17, 15) is 9.59 Å². The van der Waals surface area contributed by atoms with E-state index in [0.29, 0.717) is 18.8 Å². The molecule has 1 atom stereocenters. The highest BCUT2D eigenvalue weighted by Gasteiger charge is 2.34. The lowest BCUT2D eigenvalue weighted by Crippen LogP contribution is -2.37. The highest BCUT2D eigenvalue weighted by Crippen LogP contribution is 2.21. The number of likely N-dealkylation sites (N-methyl/N-ethyl adjacent to an activating group) is 1. The first kappa shape index (κ1) is 16.9. The van der Waals surface area contributed by atoms with Gasteiger partial charge in [0.2, 0.25) is 0 Å². The van der Waals surface area contributed by atoms with Crippen LogP contribution in [0.1, 0.15) is 21.7 Å². The molecule has 2 heterocycles. The maximum Gasteiger partial charge on any atom is 0.414 e. The first-order valence-corrected chi connectivity index (χ1v) is 8.04. The normalized spacial score (nSPS) is 16.7. The van der Waals surface area contributed by atoms with Crippen LogP contribution >= 0.6 is 0 Å². The lowest BCUT2D eigenvalue weighted by atomic mass is 10.1. The van der Waals surface area contributed by atoms with Crippen LogP contribution in [-0.4, -0.2) is 53.1 Å². The zero-order valence-corrected chi connectivity index (χ0v) is 14.5. The van der Waals surface area contributed by atoms with Crippen molar-refractivity contribution in [3.05, 3.63) is 53.6 Å². The zero-order valence-electron chi connectivity index (χ0n) is 14.5. The Labute approximate surface area is 146 Å². The second-order valence-electron chi connectivity index (χ2n) is 6.07. The van der Waals surface area contributed by atoms with Gasteiger partial charge in [0.05, 0.1) is 13.1 Å². The summed E-state index contributed by atoms with van der Waals surface area (Å²) < 4.78 is 5.40. The number of benzene rings is 1. The average molecular weight is 340 g/mol. The van der Waals surface area contributed by atoms with Crippen molar-refractivity contribution in [2.24, 2.45) is 0 Å². The summed E-state index contributed by atoms with van der Waals surface area (Å²) in [5.74, 6) is -0.211. The molecule has 7 heteroatoms. The second-order valence-corrected chi connectivity index (χ2v) is 6.07. The van der Waals surface area contributed by atoms with Crippen molar-refractivity contribution in [2.75, 3.05) is 25.0 Å². The number of aryl methyl sites for hydroxylation is 1. The van der Waals surface area contributed by atoms with E-state index in [1.54, 1.807) is 11.9 Å². The fraction of sp³-hybridized carbons (Fsp3) is 0.333. The van der Waals surface area contributed by atoms with E-state index in [-0.39, 0.29) is 12.0 Å². The third-order valence-electron chi connectivity index (χ3n) is 4.30. The molecule has 1 aromatic heterocycles. The Morgan fingerprint density at radius 1 is 1.28 bits per heavy atom. The van der Waals surface area contributed by atoms with E-state index in [2.05, 4.69) is 9.97 Å². The fourth-order valence-corrected chi connectivity index (χ4v) is 2.76. The van der Waals surface area contributed by atoms with Crippen molar-refractivity contribution < 1.29 is 14.3 Å². The Hall–Kier alpha value is -2.96. The summed E-state index contributed by atoms with van der Waals surface area (Å²) in [5, 5.41) is 0. The molecule has 0 spiro atoms. The molecule has 0 saturated carbocycles. The Morgan fingerprint density at radius 3 is 2.72 bits per heavy atom. The number of nitrogens with zero attached hydrogens (tertiary/aromatic N) is 4. The molecule has 1 unspecified atom stereocenters. The number of aromatic nitrogens is 2. The Kier molecular flexibility index (Phi) is 4.65. The fourth-order valence-electron chi connectivity index (χ4n) is 2.76. The van der Waals surface area contributed by atoms with Crippen LogP contribution in [0.15, 0.2) is 36.7 Å². The predicted octanol–water partition coefficient (Wildman–Crippen LogP) is 2.19. The molecule has 0 N–H and O–H groups in total. The molecule has 7 nitrogen and oxygen atoms in total. The summed E-state index contributed by atoms with van der Waals surface area (Å²) in [7, 11) is 1.68. The van der Waals surface area contributed by atoms with Gasteiger partial charge in [0.25, 0.3) is 5.91 Å². The Balaban J connectivity index is 1.67. The lowest BCUT2D eigenvalue weighted by Gasteiger charge is -2.20. The monoisotopic (exact) mass is 340 g/mol. The zero-order chi connectivity index (χ0) is 18.0. The molecule has 2 aromatic rings. The highest BCUT2D eigenvalue weighted by molar-refractivity contribution is 5.94. The Bertz CT molecular complexity index is 794. The van der Waals surface area contributed by atoms with Gasteiger partial charge in [-0.2, -0.15) is 0 Å². The molecule has 1 aromatic carbocycles. The van der Waals surface area contributed by atoms with Crippen LogP contribution in [0.2, 0.25) is 0 Å². The molecule has 1 saturated heterocycles. The van der Waals surface area contributed by atoms with Crippen molar-refractivity contribution >= 4 is 17.7 Å². The number of ether oxygens (including phenoxy) is 1. The second kappa shape index (κ2) is 6.88. The van der Waals surface area contributed by atoms with Crippen LogP contribution in [0, 0.1) is 13.8 Å². The van der Waals surface area contributed by atoms with Gasteiger partial charge in [-0.15, -0.1) is 0 Å². The number of hydrogen-bond donors (Lipinski definition) is 0. The molecule has 0 bridgehead atoms. The number of hydrogen-bond acceptors (Lipinski definition) is 5. The molecule has 25 heavy (non-hydrogen) atoms. The van der Waals surface area contributed by atoms with E-state index in [4.69, 9.17) is 4.74 Å². The van der Waals surface area contributed by atoms with Gasteiger partial charge in [-0.1, -0.05) is 18.2 Å². The van der Waals surface area contributed by atoms with E-state index >= 15 is 0 Å². The van der Waals surface area contributed by atoms with Gasteiger partial charge in [-0.05, 0) is 26.0 Å². The maximum atomic E-state index is 12.6. The van der Waals surface area contributed by atoms with Crippen LogP contribution in [0.5, 0.6) is 0 Å². The molecular weight excluding hydrogens is 320 g/mol. The van der Waals surface area contributed by atoms with Gasteiger partial charge in [-0.25, -0.2) is 14.8 Å². The van der Waals surface area contributed by atoms with E-state index < -0.39 is 6.09 Å². The van der Waals surface area contributed by atoms with Gasteiger partial charge < -0.3 is 9.64 Å². The van der Waals surface area contributed by atoms with Crippen molar-refractivity contribution in [1.29, 1.82) is 0 Å². The largest absolute Gasteiger partial charge is 0.442 e. The predicted molar refractivity (Wildman–Crippen MR) is 92.5 cm³/mol. The molecule has 0 aliphatic carbocycles. The number of para-hydroxylation sites is 1. The van der Waals surface area contributed by atoms with E-state index in [1.165, 1.54) is 11.2 Å². The van der Waals surface area contributed by atoms with Crippen LogP contribution in [-0.2, 0) is 4.74 Å². The van der Waals surface area contributed by atoms with Crippen LogP contribution in [0.4, 0.5) is 10.5 Å². The van der Waals surface area contributed by atoms with Crippen LogP contribution < -0.4 is 4.90 Å². The molecule has 1 fully saturated rings. The van der Waals surface area contributed by atoms with Crippen LogP contribution in [0.25, 0.3) is 0 Å². The average Bonchev–Trinajstić information content (AvgIpc) is 2.97. The van der Waals surface area contributed by atoms with E-state index in [0.717, 1.165) is 16.9 Å². The molecule has 1 aliphatic heterocycles. The van der Waals surface area contributed by atoms with E-state index in [1.807, 2.05) is 44.2 Å². The highest BCUT2D eigenvalue weighted by atomic mass is 16.6. The van der Waals surface area contributed by atoms with Crippen LogP contribution in [0.3, 0.4) is 0 Å². The van der Waals surface area contributed by atoms with Gasteiger partial charge >= 0.3 is 6.09 Å². The van der Waals surface area contributed by atoms with Gasteiger partial charge in [-0.3, -0.25) is 9.69 Å². The standard InChI is InChI=1S/C18H20N4O3/c1-12-13(2)19-11-20-16(12)17(23)21(3)9-15-10-22(18(24)25-15)14-7-5-4-6-8-14/h4-8,11,15H,9-10H2,1-3H3. The molecule has 0 radical (unpaired) electrons. The smallest absolute Gasteiger partial charge is 0.414 e. The number of rotatable bonds is 4. The minimum absolute atomic E-state index is 0.211. The lowest BCUT2D eigenvalue weighted by molar-refractivity contribution is 0.0688. The summed E-state index contributed by atoms with van der Waals surface area (Å²) in [5.41, 5.74) is 2.69. The summed E-state index contributed by atoms with van der Waals surface area (Å²) in [6.45, 7) is 4.37. The van der Waals surface area contributed by atoms with Gasteiger partial charge in [0, 0.05) is 24.0 Å². The van der Waals surface area contributed by atoms with Crippen molar-refractivity contribution in [2.45, 2.75) is 20.0 Å². The number of carbonyl (C=O) groups is 2. The summed E-state index contributed by atoms with van der Waals surface area (Å²) in [6, 6.07) is 9.33. The SMILES string of the molecule is Cc1ncnc(C(=O)N(C)CC2CN(c3ccccc3)C(=O)O2)c1C.